The lowest BCUT2D eigenvalue weighted by atomic mass is 9.91. The molecule has 0 N–H and O–H groups in total. The van der Waals surface area contributed by atoms with Crippen LogP contribution in [0.3, 0.4) is 0 Å². The van der Waals surface area contributed by atoms with Gasteiger partial charge in [0.25, 0.3) is 11.5 Å². The second kappa shape index (κ2) is 11.9. The Bertz CT molecular complexity index is 1210. The maximum atomic E-state index is 13.7. The molecular formula is C28H38N4O2S2. The van der Waals surface area contributed by atoms with Gasteiger partial charge in [-0.25, -0.2) is 4.98 Å². The largest absolute Gasteiger partial charge is 0.355 e. The van der Waals surface area contributed by atoms with E-state index in [0.717, 1.165) is 37.9 Å². The lowest BCUT2D eigenvalue weighted by molar-refractivity contribution is -0.122. The van der Waals surface area contributed by atoms with Crippen LogP contribution in [0.4, 0.5) is 5.82 Å². The zero-order valence-corrected chi connectivity index (χ0v) is 23.6. The van der Waals surface area contributed by atoms with Crippen molar-refractivity contribution in [1.29, 1.82) is 0 Å². The summed E-state index contributed by atoms with van der Waals surface area (Å²) in [5.74, 6) is 1.59. The second-order valence-electron chi connectivity index (χ2n) is 10.5. The van der Waals surface area contributed by atoms with Gasteiger partial charge in [-0.3, -0.25) is 18.9 Å². The van der Waals surface area contributed by atoms with Crippen LogP contribution in [0.15, 0.2) is 28.0 Å². The van der Waals surface area contributed by atoms with E-state index in [1.807, 2.05) is 25.3 Å². The summed E-state index contributed by atoms with van der Waals surface area (Å²) in [7, 11) is 0. The molecule has 0 radical (unpaired) electrons. The average Bonchev–Trinajstić information content (AvgIpc) is 3.09. The minimum atomic E-state index is -0.147. The third-order valence-electron chi connectivity index (χ3n) is 7.04. The van der Waals surface area contributed by atoms with Crippen molar-refractivity contribution >= 4 is 51.7 Å². The first kappa shape index (κ1) is 26.9. The van der Waals surface area contributed by atoms with Gasteiger partial charge in [0.05, 0.1) is 10.5 Å². The van der Waals surface area contributed by atoms with Crippen LogP contribution in [-0.4, -0.2) is 44.1 Å². The number of thiocarbonyl (C=S) groups is 1. The highest BCUT2D eigenvalue weighted by molar-refractivity contribution is 8.26. The summed E-state index contributed by atoms with van der Waals surface area (Å²) in [5.41, 5.74) is 1.93. The SMILES string of the molecule is CCCCCCCCN1C(=O)/C(=C/c2c(N3C[C@H](C)C[C@H](C)C3)nc3ccc(C)cn3c2=O)SC1=S. The van der Waals surface area contributed by atoms with Crippen LogP contribution in [-0.2, 0) is 4.79 Å². The zero-order chi connectivity index (χ0) is 25.8. The Labute approximate surface area is 224 Å². The molecule has 2 fully saturated rings. The summed E-state index contributed by atoms with van der Waals surface area (Å²) in [6.45, 7) is 11.0. The number of aryl methyl sites for hydroxylation is 1. The molecule has 0 spiro atoms. The number of nitrogens with zero attached hydrogens (tertiary/aromatic N) is 4. The molecule has 2 aromatic heterocycles. The number of piperidine rings is 1. The summed E-state index contributed by atoms with van der Waals surface area (Å²) in [6, 6.07) is 3.86. The van der Waals surface area contributed by atoms with Crippen molar-refractivity contribution in [2.45, 2.75) is 72.6 Å². The molecule has 0 aliphatic carbocycles. The van der Waals surface area contributed by atoms with Gasteiger partial charge in [0.1, 0.15) is 15.8 Å². The Balaban J connectivity index is 1.66. The van der Waals surface area contributed by atoms with Gasteiger partial charge in [0, 0.05) is 25.8 Å². The van der Waals surface area contributed by atoms with Gasteiger partial charge in [-0.15, -0.1) is 0 Å². The summed E-state index contributed by atoms with van der Waals surface area (Å²) in [4.78, 5) is 36.4. The number of pyridine rings is 1. The van der Waals surface area contributed by atoms with E-state index in [1.165, 1.54) is 37.4 Å². The number of carbonyl (C=O) groups excluding carboxylic acids is 1. The van der Waals surface area contributed by atoms with Crippen molar-refractivity contribution < 1.29 is 4.79 Å². The predicted molar refractivity (Wildman–Crippen MR) is 155 cm³/mol. The number of anilines is 1. The summed E-state index contributed by atoms with van der Waals surface area (Å²) < 4.78 is 2.17. The maximum Gasteiger partial charge on any atom is 0.267 e. The van der Waals surface area contributed by atoms with Gasteiger partial charge in [-0.1, -0.05) is 82.9 Å². The Morgan fingerprint density at radius 1 is 1.08 bits per heavy atom. The smallest absolute Gasteiger partial charge is 0.267 e. The normalized spacial score (nSPS) is 21.8. The molecule has 6 nitrogen and oxygen atoms in total. The van der Waals surface area contributed by atoms with E-state index < -0.39 is 0 Å². The minimum Gasteiger partial charge on any atom is -0.355 e. The Morgan fingerprint density at radius 3 is 2.50 bits per heavy atom. The fourth-order valence-corrected chi connectivity index (χ4v) is 6.61. The topological polar surface area (TPSA) is 57.9 Å². The van der Waals surface area contributed by atoms with Gasteiger partial charge in [-0.2, -0.15) is 0 Å². The molecule has 2 aliphatic heterocycles. The number of aromatic nitrogens is 2. The first-order chi connectivity index (χ1) is 17.3. The molecule has 0 saturated carbocycles. The molecule has 4 heterocycles. The molecule has 1 amide bonds. The van der Waals surface area contributed by atoms with E-state index in [9.17, 15) is 9.59 Å². The molecule has 2 atom stereocenters. The Hall–Kier alpha value is -2.19. The molecule has 4 rings (SSSR count). The van der Waals surface area contributed by atoms with Crippen LogP contribution in [0.25, 0.3) is 11.7 Å². The zero-order valence-electron chi connectivity index (χ0n) is 22.0. The van der Waals surface area contributed by atoms with Crippen LogP contribution in [0.1, 0.15) is 76.8 Å². The fraction of sp³-hybridized carbons (Fsp3) is 0.571. The number of unbranched alkanes of at least 4 members (excludes halogenated alkanes) is 5. The number of hydrogen-bond donors (Lipinski definition) is 0. The molecular weight excluding hydrogens is 488 g/mol. The fourth-order valence-electron chi connectivity index (χ4n) is 5.32. The van der Waals surface area contributed by atoms with Gasteiger partial charge in [0.2, 0.25) is 0 Å². The van der Waals surface area contributed by atoms with E-state index >= 15 is 0 Å². The first-order valence-electron chi connectivity index (χ1n) is 13.3. The maximum absolute atomic E-state index is 13.7. The number of thioether (sulfide) groups is 1. The standard InChI is InChI=1S/C28H38N4O2S2/c1-5-6-7-8-9-10-13-31-27(34)23(36-28(31)35)15-22-25(30-16-20(3)14-21(4)17-30)29-24-12-11-19(2)18-32(24)26(22)33/h11-12,15,18,20-21H,5-10,13-14,16-17H2,1-4H3/b23-15-/t20-,21+. The average molecular weight is 527 g/mol. The number of hydrogen-bond acceptors (Lipinski definition) is 6. The summed E-state index contributed by atoms with van der Waals surface area (Å²) >= 11 is 6.86. The minimum absolute atomic E-state index is 0.0985. The van der Waals surface area contributed by atoms with Gasteiger partial charge < -0.3 is 4.90 Å². The quantitative estimate of drug-likeness (QED) is 0.225. The molecule has 0 bridgehead atoms. The van der Waals surface area contributed by atoms with Crippen molar-refractivity contribution in [2.75, 3.05) is 24.5 Å². The van der Waals surface area contributed by atoms with Gasteiger partial charge in [-0.05, 0) is 49.3 Å². The lowest BCUT2D eigenvalue weighted by Crippen LogP contribution is -2.40. The molecule has 194 valence electrons. The third-order valence-corrected chi connectivity index (χ3v) is 8.42. The van der Waals surface area contributed by atoms with Crippen LogP contribution >= 0.6 is 24.0 Å². The summed E-state index contributed by atoms with van der Waals surface area (Å²) in [6.07, 6.45) is 11.7. The van der Waals surface area contributed by atoms with Crippen LogP contribution in [0.2, 0.25) is 0 Å². The van der Waals surface area contributed by atoms with Crippen LogP contribution in [0, 0.1) is 18.8 Å². The third kappa shape index (κ3) is 6.02. The van der Waals surface area contributed by atoms with E-state index in [4.69, 9.17) is 17.2 Å². The highest BCUT2D eigenvalue weighted by atomic mass is 32.2. The first-order valence-corrected chi connectivity index (χ1v) is 14.5. The molecule has 2 aliphatic rings. The van der Waals surface area contributed by atoms with E-state index in [0.29, 0.717) is 44.6 Å². The van der Waals surface area contributed by atoms with E-state index in [-0.39, 0.29) is 11.5 Å². The Kier molecular flexibility index (Phi) is 8.88. The van der Waals surface area contributed by atoms with Crippen molar-refractivity contribution in [3.05, 3.63) is 44.7 Å². The predicted octanol–water partition coefficient (Wildman–Crippen LogP) is 6.05. The number of rotatable bonds is 9. The highest BCUT2D eigenvalue weighted by Crippen LogP contribution is 2.35. The molecule has 0 unspecified atom stereocenters. The highest BCUT2D eigenvalue weighted by Gasteiger charge is 2.33. The monoisotopic (exact) mass is 526 g/mol. The van der Waals surface area contributed by atoms with Crippen molar-refractivity contribution in [3.63, 3.8) is 0 Å². The molecule has 2 saturated heterocycles. The number of amides is 1. The summed E-state index contributed by atoms with van der Waals surface area (Å²) in [5, 5.41) is 0. The van der Waals surface area contributed by atoms with Crippen LogP contribution < -0.4 is 10.5 Å². The second-order valence-corrected chi connectivity index (χ2v) is 12.2. The molecule has 0 aromatic carbocycles. The number of fused-ring (bicyclic) bond motifs is 1. The van der Waals surface area contributed by atoms with Crippen molar-refractivity contribution in [3.8, 4) is 0 Å². The van der Waals surface area contributed by atoms with Crippen molar-refractivity contribution in [1.82, 2.24) is 14.3 Å². The van der Waals surface area contributed by atoms with Crippen molar-refractivity contribution in [2.24, 2.45) is 11.8 Å². The van der Waals surface area contributed by atoms with Gasteiger partial charge in [0.15, 0.2) is 0 Å². The molecule has 8 heteroatoms. The van der Waals surface area contributed by atoms with Crippen LogP contribution in [0.5, 0.6) is 0 Å². The van der Waals surface area contributed by atoms with E-state index in [1.54, 1.807) is 15.4 Å². The molecule has 36 heavy (non-hydrogen) atoms. The number of carbonyl (C=O) groups is 1. The van der Waals surface area contributed by atoms with Gasteiger partial charge >= 0.3 is 0 Å². The lowest BCUT2D eigenvalue weighted by Gasteiger charge is -2.36. The molecule has 2 aromatic rings. The van der Waals surface area contributed by atoms with E-state index in [2.05, 4.69) is 25.7 Å². The Morgan fingerprint density at radius 2 is 1.78 bits per heavy atom.